The molecule has 2 aromatic carbocycles. The largest absolute Gasteiger partial charge is 0.478 e. The molecule has 0 aliphatic heterocycles. The van der Waals surface area contributed by atoms with Gasteiger partial charge in [-0.1, -0.05) is 28.1 Å². The number of hydrogen-bond acceptors (Lipinski definition) is 6. The van der Waals surface area contributed by atoms with Crippen molar-refractivity contribution in [2.24, 2.45) is 0 Å². The molecule has 0 radical (unpaired) electrons. The maximum absolute atomic E-state index is 12.6. The molecule has 0 aliphatic rings. The number of aromatic carboxylic acids is 1. The first-order valence-electron chi connectivity index (χ1n) is 11.0. The third-order valence-electron chi connectivity index (χ3n) is 4.91. The van der Waals surface area contributed by atoms with Crippen LogP contribution in [0.5, 0.6) is 0 Å². The molecule has 36 heavy (non-hydrogen) atoms. The summed E-state index contributed by atoms with van der Waals surface area (Å²) in [6, 6.07) is 11.1. The molecule has 1 heterocycles. The Hall–Kier alpha value is -3.86. The predicted molar refractivity (Wildman–Crippen MR) is 137 cm³/mol. The van der Waals surface area contributed by atoms with Crippen molar-refractivity contribution in [2.45, 2.75) is 38.8 Å². The van der Waals surface area contributed by atoms with Gasteiger partial charge in [-0.15, -0.1) is 0 Å². The van der Waals surface area contributed by atoms with Crippen LogP contribution in [0.1, 0.15) is 48.6 Å². The number of H-pyrrole nitrogens is 1. The average molecular weight is 559 g/mol. The zero-order valence-electron chi connectivity index (χ0n) is 20.2. The molecule has 0 saturated heterocycles. The number of hydrogen-bond donors (Lipinski definition) is 4. The summed E-state index contributed by atoms with van der Waals surface area (Å²) in [7, 11) is 1.28. The number of alkyl carbamates (subject to hydrolysis) is 1. The van der Waals surface area contributed by atoms with Gasteiger partial charge in [0.1, 0.15) is 11.4 Å². The SMILES string of the molecule is COC(=O)Nc1ccc(-c2c[nH]c(C(Cc3cccc(C(=O)O)c3)NC(=O)OC(C)(C)C)n2)c(Br)c1. The number of rotatable bonds is 7. The number of carbonyl (C=O) groups excluding carboxylic acids is 2. The predicted octanol–water partition coefficient (Wildman–Crippen LogP) is 5.52. The maximum atomic E-state index is 12.6. The lowest BCUT2D eigenvalue weighted by Crippen LogP contribution is -2.36. The summed E-state index contributed by atoms with van der Waals surface area (Å²) in [5, 5.41) is 14.7. The lowest BCUT2D eigenvalue weighted by atomic mass is 10.0. The quantitative estimate of drug-likeness (QED) is 0.298. The number of benzene rings is 2. The fraction of sp³-hybridized carbons (Fsp3) is 0.280. The number of ether oxygens (including phenoxy) is 2. The molecular formula is C25H27BrN4O6. The van der Waals surface area contributed by atoms with Gasteiger partial charge < -0.3 is 24.9 Å². The summed E-state index contributed by atoms with van der Waals surface area (Å²) in [5.74, 6) is -0.580. The number of nitrogens with zero attached hydrogens (tertiary/aromatic N) is 1. The Morgan fingerprint density at radius 3 is 2.53 bits per heavy atom. The number of halogens is 1. The first-order chi connectivity index (χ1) is 16.9. The molecule has 0 aliphatic carbocycles. The molecule has 0 saturated carbocycles. The van der Waals surface area contributed by atoms with E-state index in [2.05, 4.69) is 41.3 Å². The van der Waals surface area contributed by atoms with Crippen molar-refractivity contribution in [3.8, 4) is 11.3 Å². The first-order valence-corrected chi connectivity index (χ1v) is 11.8. The van der Waals surface area contributed by atoms with E-state index in [1.165, 1.54) is 13.2 Å². The first kappa shape index (κ1) is 26.7. The minimum Gasteiger partial charge on any atom is -0.478 e. The van der Waals surface area contributed by atoms with Gasteiger partial charge >= 0.3 is 18.2 Å². The second-order valence-corrected chi connectivity index (χ2v) is 9.74. The van der Waals surface area contributed by atoms with Crippen LogP contribution >= 0.6 is 15.9 Å². The summed E-state index contributed by atoms with van der Waals surface area (Å²) in [6.07, 6.45) is 0.760. The Balaban J connectivity index is 1.89. The Bertz CT molecular complexity index is 1270. The van der Waals surface area contributed by atoms with E-state index in [1.54, 1.807) is 63.4 Å². The minimum absolute atomic E-state index is 0.147. The standard InChI is InChI=1S/C25H27BrN4O6/c1-25(2,3)36-24(34)30-19(11-14-6-5-7-15(10-14)22(31)32)21-27-13-20(29-21)17-9-8-16(12-18(17)26)28-23(33)35-4/h5-10,12-13,19H,11H2,1-4H3,(H,27,29)(H,28,33)(H,30,34)(H,31,32). The van der Waals surface area contributed by atoms with E-state index in [0.29, 0.717) is 27.2 Å². The summed E-state index contributed by atoms with van der Waals surface area (Å²) in [5.41, 5.74) is 2.03. The number of aromatic amines is 1. The highest BCUT2D eigenvalue weighted by molar-refractivity contribution is 9.10. The Morgan fingerprint density at radius 1 is 1.14 bits per heavy atom. The van der Waals surface area contributed by atoms with Gasteiger partial charge in [0.25, 0.3) is 0 Å². The van der Waals surface area contributed by atoms with Crippen molar-refractivity contribution in [1.82, 2.24) is 15.3 Å². The summed E-state index contributed by atoms with van der Waals surface area (Å²) >= 11 is 3.50. The lowest BCUT2D eigenvalue weighted by molar-refractivity contribution is 0.0500. The molecule has 1 aromatic heterocycles. The van der Waals surface area contributed by atoms with Crippen molar-refractivity contribution >= 4 is 39.8 Å². The van der Waals surface area contributed by atoms with E-state index < -0.39 is 29.8 Å². The summed E-state index contributed by atoms with van der Waals surface area (Å²) < 4.78 is 10.7. The molecule has 0 spiro atoms. The Kier molecular flexibility index (Phi) is 8.36. The molecule has 2 amide bonds. The van der Waals surface area contributed by atoms with E-state index in [0.717, 1.165) is 5.56 Å². The van der Waals surface area contributed by atoms with Crippen molar-refractivity contribution < 1.29 is 29.0 Å². The normalized spacial score (nSPS) is 11.9. The van der Waals surface area contributed by atoms with Crippen molar-refractivity contribution in [2.75, 3.05) is 12.4 Å². The number of aromatic nitrogens is 2. The second-order valence-electron chi connectivity index (χ2n) is 8.89. The number of anilines is 1. The van der Waals surface area contributed by atoms with E-state index in [9.17, 15) is 19.5 Å². The van der Waals surface area contributed by atoms with Crippen LogP contribution in [0.4, 0.5) is 15.3 Å². The zero-order chi connectivity index (χ0) is 26.5. The molecule has 190 valence electrons. The van der Waals surface area contributed by atoms with Crippen molar-refractivity contribution in [3.05, 3.63) is 70.1 Å². The van der Waals surface area contributed by atoms with Crippen LogP contribution in [0.3, 0.4) is 0 Å². The number of imidazole rings is 1. The van der Waals surface area contributed by atoms with Gasteiger partial charge in [0.15, 0.2) is 0 Å². The molecule has 1 unspecified atom stereocenters. The van der Waals surface area contributed by atoms with Crippen LogP contribution in [0.15, 0.2) is 53.1 Å². The smallest absolute Gasteiger partial charge is 0.411 e. The van der Waals surface area contributed by atoms with Gasteiger partial charge in [-0.3, -0.25) is 5.32 Å². The van der Waals surface area contributed by atoms with E-state index in [1.807, 2.05) is 0 Å². The third-order valence-corrected chi connectivity index (χ3v) is 5.57. The number of amides is 2. The van der Waals surface area contributed by atoms with E-state index in [-0.39, 0.29) is 12.0 Å². The summed E-state index contributed by atoms with van der Waals surface area (Å²) in [4.78, 5) is 43.2. The van der Waals surface area contributed by atoms with Crippen molar-refractivity contribution in [3.63, 3.8) is 0 Å². The minimum atomic E-state index is -1.04. The number of carbonyl (C=O) groups is 3. The van der Waals surface area contributed by atoms with Gasteiger partial charge in [0.2, 0.25) is 0 Å². The van der Waals surface area contributed by atoms with E-state index in [4.69, 9.17) is 4.74 Å². The number of nitrogens with one attached hydrogen (secondary N) is 3. The van der Waals surface area contributed by atoms with Gasteiger partial charge in [-0.2, -0.15) is 0 Å². The van der Waals surface area contributed by atoms with Crippen LogP contribution in [-0.2, 0) is 15.9 Å². The molecule has 4 N–H and O–H groups in total. The van der Waals surface area contributed by atoms with Crippen LogP contribution in [0, 0.1) is 0 Å². The summed E-state index contributed by atoms with van der Waals surface area (Å²) in [6.45, 7) is 5.29. The molecule has 11 heteroatoms. The number of carboxylic acid groups (broad SMARTS) is 1. The molecule has 3 rings (SSSR count). The molecule has 10 nitrogen and oxygen atoms in total. The lowest BCUT2D eigenvalue weighted by Gasteiger charge is -2.23. The van der Waals surface area contributed by atoms with Gasteiger partial charge in [0.05, 0.1) is 24.4 Å². The topological polar surface area (TPSA) is 143 Å². The van der Waals surface area contributed by atoms with Crippen LogP contribution in [0.2, 0.25) is 0 Å². The highest BCUT2D eigenvalue weighted by Crippen LogP contribution is 2.31. The second kappa shape index (κ2) is 11.3. The third kappa shape index (κ3) is 7.32. The molecule has 3 aromatic rings. The fourth-order valence-electron chi connectivity index (χ4n) is 3.36. The monoisotopic (exact) mass is 558 g/mol. The van der Waals surface area contributed by atoms with Gasteiger partial charge in [-0.05, 0) is 56.7 Å². The van der Waals surface area contributed by atoms with Gasteiger partial charge in [0, 0.05) is 28.3 Å². The van der Waals surface area contributed by atoms with Crippen LogP contribution < -0.4 is 10.6 Å². The highest BCUT2D eigenvalue weighted by Gasteiger charge is 2.24. The van der Waals surface area contributed by atoms with E-state index >= 15 is 0 Å². The Morgan fingerprint density at radius 2 is 1.89 bits per heavy atom. The van der Waals surface area contributed by atoms with Gasteiger partial charge in [-0.25, -0.2) is 19.4 Å². The highest BCUT2D eigenvalue weighted by atomic mass is 79.9. The molecular weight excluding hydrogens is 532 g/mol. The maximum Gasteiger partial charge on any atom is 0.411 e. The Labute approximate surface area is 216 Å². The molecule has 1 atom stereocenters. The van der Waals surface area contributed by atoms with Crippen LogP contribution in [0.25, 0.3) is 11.3 Å². The van der Waals surface area contributed by atoms with Crippen LogP contribution in [-0.4, -0.2) is 45.9 Å². The molecule has 0 bridgehead atoms. The number of carboxylic acids is 1. The number of methoxy groups -OCH3 is 1. The zero-order valence-corrected chi connectivity index (χ0v) is 21.8. The fourth-order valence-corrected chi connectivity index (χ4v) is 3.94. The average Bonchev–Trinajstić information content (AvgIpc) is 3.27. The van der Waals surface area contributed by atoms with Crippen molar-refractivity contribution in [1.29, 1.82) is 0 Å². The molecule has 0 fully saturated rings.